The third-order valence-corrected chi connectivity index (χ3v) is 2.71. The van der Waals surface area contributed by atoms with Crippen LogP contribution >= 0.6 is 0 Å². The Bertz CT molecular complexity index is 651. The number of anilines is 1. The third kappa shape index (κ3) is 3.46. The van der Waals surface area contributed by atoms with Crippen molar-refractivity contribution in [1.82, 2.24) is 10.2 Å². The molecule has 0 atom stereocenters. The van der Waals surface area contributed by atoms with Gasteiger partial charge in [0.1, 0.15) is 0 Å². The van der Waals surface area contributed by atoms with E-state index >= 15 is 0 Å². The number of rotatable bonds is 3. The van der Waals surface area contributed by atoms with Gasteiger partial charge in [0.15, 0.2) is 0 Å². The summed E-state index contributed by atoms with van der Waals surface area (Å²) in [4.78, 5) is 12.2. The van der Waals surface area contributed by atoms with Crippen LogP contribution in [-0.4, -0.2) is 27.8 Å². The monoisotopic (exact) mass is 269 g/mol. The standard InChI is InChI=1S/C15H15N3O2/c1-11-5-6-12(4-2-3-7-19)8-14(11)15(20)18-13-9-16-17-10-13/h5-6,8-10,19H,3,7H2,1H3,(H,16,17)(H,18,20). The lowest BCUT2D eigenvalue weighted by Gasteiger charge is -2.06. The van der Waals surface area contributed by atoms with Gasteiger partial charge < -0.3 is 10.4 Å². The number of aromatic nitrogens is 2. The number of benzene rings is 1. The quantitative estimate of drug-likeness (QED) is 0.742. The number of aromatic amines is 1. The number of H-pyrrole nitrogens is 1. The van der Waals surface area contributed by atoms with E-state index in [1.807, 2.05) is 19.1 Å². The van der Waals surface area contributed by atoms with Crippen LogP contribution in [0.2, 0.25) is 0 Å². The topological polar surface area (TPSA) is 78.0 Å². The lowest BCUT2D eigenvalue weighted by Crippen LogP contribution is -2.13. The Hall–Kier alpha value is -2.58. The fraction of sp³-hybridized carbons (Fsp3) is 0.200. The molecule has 5 nitrogen and oxygen atoms in total. The summed E-state index contributed by atoms with van der Waals surface area (Å²) < 4.78 is 0. The number of aryl methyl sites for hydroxylation is 1. The molecule has 0 radical (unpaired) electrons. The summed E-state index contributed by atoms with van der Waals surface area (Å²) in [5.74, 6) is 5.55. The van der Waals surface area contributed by atoms with Gasteiger partial charge in [-0.1, -0.05) is 17.9 Å². The second kappa shape index (κ2) is 6.55. The molecule has 0 bridgehead atoms. The van der Waals surface area contributed by atoms with Gasteiger partial charge in [-0.3, -0.25) is 9.89 Å². The number of aliphatic hydroxyl groups is 1. The maximum Gasteiger partial charge on any atom is 0.256 e. The molecule has 0 fully saturated rings. The molecule has 0 spiro atoms. The Balaban J connectivity index is 2.20. The van der Waals surface area contributed by atoms with Crippen LogP contribution in [0.5, 0.6) is 0 Å². The van der Waals surface area contributed by atoms with Crippen molar-refractivity contribution in [2.24, 2.45) is 0 Å². The first kappa shape index (κ1) is 13.8. The molecule has 0 aliphatic heterocycles. The molecule has 2 aromatic rings. The van der Waals surface area contributed by atoms with E-state index in [1.54, 1.807) is 12.3 Å². The van der Waals surface area contributed by atoms with E-state index in [0.717, 1.165) is 11.1 Å². The number of carbonyl (C=O) groups is 1. The van der Waals surface area contributed by atoms with Crippen LogP contribution in [0.15, 0.2) is 30.6 Å². The number of hydrogen-bond donors (Lipinski definition) is 3. The van der Waals surface area contributed by atoms with E-state index in [9.17, 15) is 4.79 Å². The molecule has 1 aromatic heterocycles. The smallest absolute Gasteiger partial charge is 0.256 e. The molecule has 0 aliphatic carbocycles. The lowest BCUT2D eigenvalue weighted by atomic mass is 10.0. The van der Waals surface area contributed by atoms with Gasteiger partial charge in [-0.05, 0) is 24.6 Å². The summed E-state index contributed by atoms with van der Waals surface area (Å²) in [6.45, 7) is 1.90. The van der Waals surface area contributed by atoms with Crippen molar-refractivity contribution in [1.29, 1.82) is 0 Å². The van der Waals surface area contributed by atoms with Crippen LogP contribution in [0.4, 0.5) is 5.69 Å². The molecule has 3 N–H and O–H groups in total. The predicted octanol–water partition coefficient (Wildman–Crippen LogP) is 1.70. The van der Waals surface area contributed by atoms with Crippen LogP contribution in [0.25, 0.3) is 0 Å². The van der Waals surface area contributed by atoms with Crippen molar-refractivity contribution in [3.63, 3.8) is 0 Å². The second-order valence-corrected chi connectivity index (χ2v) is 4.25. The van der Waals surface area contributed by atoms with Gasteiger partial charge in [-0.2, -0.15) is 5.10 Å². The highest BCUT2D eigenvalue weighted by molar-refractivity contribution is 6.05. The molecule has 0 aliphatic rings. The lowest BCUT2D eigenvalue weighted by molar-refractivity contribution is 0.102. The average Bonchev–Trinajstić information content (AvgIpc) is 2.93. The fourth-order valence-electron chi connectivity index (χ4n) is 1.68. The first-order valence-electron chi connectivity index (χ1n) is 6.21. The normalized spacial score (nSPS) is 9.70. The Morgan fingerprint density at radius 2 is 2.35 bits per heavy atom. The highest BCUT2D eigenvalue weighted by atomic mass is 16.2. The average molecular weight is 269 g/mol. The molecule has 20 heavy (non-hydrogen) atoms. The number of aliphatic hydroxyl groups excluding tert-OH is 1. The minimum Gasteiger partial charge on any atom is -0.395 e. The maximum absolute atomic E-state index is 12.2. The van der Waals surface area contributed by atoms with Gasteiger partial charge in [-0.25, -0.2) is 0 Å². The van der Waals surface area contributed by atoms with Gasteiger partial charge in [0.05, 0.1) is 18.5 Å². The molecule has 1 amide bonds. The molecule has 5 heteroatoms. The summed E-state index contributed by atoms with van der Waals surface area (Å²) >= 11 is 0. The van der Waals surface area contributed by atoms with Crippen LogP contribution in [0.3, 0.4) is 0 Å². The van der Waals surface area contributed by atoms with Gasteiger partial charge in [-0.15, -0.1) is 0 Å². The molecular weight excluding hydrogens is 254 g/mol. The summed E-state index contributed by atoms with van der Waals surface area (Å²) in [6.07, 6.45) is 3.57. The molecule has 102 valence electrons. The van der Waals surface area contributed by atoms with Crippen LogP contribution in [-0.2, 0) is 0 Å². The van der Waals surface area contributed by atoms with Gasteiger partial charge >= 0.3 is 0 Å². The Labute approximate surface area is 117 Å². The molecule has 0 saturated carbocycles. The molecule has 2 rings (SSSR count). The van der Waals surface area contributed by atoms with E-state index < -0.39 is 0 Å². The van der Waals surface area contributed by atoms with Gasteiger partial charge in [0, 0.05) is 23.7 Å². The van der Waals surface area contributed by atoms with Crippen LogP contribution < -0.4 is 5.32 Å². The van der Waals surface area contributed by atoms with E-state index in [4.69, 9.17) is 5.11 Å². The first-order valence-corrected chi connectivity index (χ1v) is 6.21. The van der Waals surface area contributed by atoms with Crippen molar-refractivity contribution >= 4 is 11.6 Å². The highest BCUT2D eigenvalue weighted by Gasteiger charge is 2.10. The Morgan fingerprint density at radius 1 is 1.50 bits per heavy atom. The fourth-order valence-corrected chi connectivity index (χ4v) is 1.68. The number of amides is 1. The highest BCUT2D eigenvalue weighted by Crippen LogP contribution is 2.13. The zero-order chi connectivity index (χ0) is 14.4. The minimum atomic E-state index is -0.199. The number of nitrogens with one attached hydrogen (secondary N) is 2. The van der Waals surface area contributed by atoms with Crippen molar-refractivity contribution in [3.05, 3.63) is 47.3 Å². The number of carbonyl (C=O) groups excluding carboxylic acids is 1. The predicted molar refractivity (Wildman–Crippen MR) is 76.3 cm³/mol. The van der Waals surface area contributed by atoms with Crippen LogP contribution in [0, 0.1) is 18.8 Å². The molecule has 0 saturated heterocycles. The van der Waals surface area contributed by atoms with Crippen molar-refractivity contribution in [2.45, 2.75) is 13.3 Å². The molecule has 0 unspecified atom stereocenters. The van der Waals surface area contributed by atoms with E-state index in [2.05, 4.69) is 27.4 Å². The second-order valence-electron chi connectivity index (χ2n) is 4.25. The Morgan fingerprint density at radius 3 is 3.05 bits per heavy atom. The van der Waals surface area contributed by atoms with Crippen molar-refractivity contribution < 1.29 is 9.90 Å². The molecule has 1 aromatic carbocycles. The molecular formula is C15H15N3O2. The Kier molecular flexibility index (Phi) is 4.53. The zero-order valence-corrected chi connectivity index (χ0v) is 11.1. The summed E-state index contributed by atoms with van der Waals surface area (Å²) in [7, 11) is 0. The number of hydrogen-bond acceptors (Lipinski definition) is 3. The number of nitrogens with zero attached hydrogens (tertiary/aromatic N) is 1. The molecule has 1 heterocycles. The van der Waals surface area contributed by atoms with E-state index in [0.29, 0.717) is 17.7 Å². The zero-order valence-electron chi connectivity index (χ0n) is 11.1. The van der Waals surface area contributed by atoms with E-state index in [-0.39, 0.29) is 12.5 Å². The summed E-state index contributed by atoms with van der Waals surface area (Å²) in [5, 5.41) is 17.9. The van der Waals surface area contributed by atoms with Crippen molar-refractivity contribution in [3.8, 4) is 11.8 Å². The van der Waals surface area contributed by atoms with Gasteiger partial charge in [0.2, 0.25) is 0 Å². The first-order chi connectivity index (χ1) is 9.70. The van der Waals surface area contributed by atoms with Crippen molar-refractivity contribution in [2.75, 3.05) is 11.9 Å². The summed E-state index contributed by atoms with van der Waals surface area (Å²) in [5.41, 5.74) is 2.81. The third-order valence-electron chi connectivity index (χ3n) is 2.71. The van der Waals surface area contributed by atoms with E-state index in [1.165, 1.54) is 6.20 Å². The maximum atomic E-state index is 12.2. The summed E-state index contributed by atoms with van der Waals surface area (Å²) in [6, 6.07) is 5.46. The minimum absolute atomic E-state index is 0.0344. The SMILES string of the molecule is Cc1ccc(C#CCCO)cc1C(=O)Nc1cn[nH]c1. The largest absolute Gasteiger partial charge is 0.395 e. The van der Waals surface area contributed by atoms with Crippen LogP contribution in [0.1, 0.15) is 27.9 Å². The van der Waals surface area contributed by atoms with Gasteiger partial charge in [0.25, 0.3) is 5.91 Å².